The number of rotatable bonds is 7. The zero-order chi connectivity index (χ0) is 20.1. The highest BCUT2D eigenvalue weighted by Gasteiger charge is 2.09. The molecule has 0 aliphatic heterocycles. The Hall–Kier alpha value is -2.53. The summed E-state index contributed by atoms with van der Waals surface area (Å²) in [5.74, 6) is 0.496. The van der Waals surface area contributed by atoms with Crippen LogP contribution in [0.4, 0.5) is 11.4 Å². The highest BCUT2D eigenvalue weighted by atomic mass is 79.9. The summed E-state index contributed by atoms with van der Waals surface area (Å²) in [4.78, 5) is 14.5. The van der Waals surface area contributed by atoms with Gasteiger partial charge in [-0.3, -0.25) is 4.79 Å². The van der Waals surface area contributed by atoms with E-state index in [0.29, 0.717) is 11.8 Å². The van der Waals surface area contributed by atoms with Crippen LogP contribution >= 0.6 is 15.9 Å². The number of carbonyl (C=O) groups excluding carboxylic acids is 1. The third kappa shape index (κ3) is 5.04. The summed E-state index contributed by atoms with van der Waals surface area (Å²) in [6.45, 7) is 7.39. The first-order chi connectivity index (χ1) is 13.5. The van der Waals surface area contributed by atoms with E-state index >= 15 is 0 Å². The minimum Gasteiger partial charge on any atom is -0.484 e. The minimum absolute atomic E-state index is 0.0309. The van der Waals surface area contributed by atoms with Crippen LogP contribution in [0.15, 0.2) is 65.1 Å². The van der Waals surface area contributed by atoms with Crippen molar-refractivity contribution in [3.05, 3.63) is 65.1 Å². The van der Waals surface area contributed by atoms with Gasteiger partial charge in [0.25, 0.3) is 5.91 Å². The van der Waals surface area contributed by atoms with Gasteiger partial charge < -0.3 is 15.0 Å². The molecule has 0 unspecified atom stereocenters. The maximum absolute atomic E-state index is 12.2. The quantitative estimate of drug-likeness (QED) is 0.500. The number of benzene rings is 3. The van der Waals surface area contributed by atoms with Crippen molar-refractivity contribution < 1.29 is 9.53 Å². The van der Waals surface area contributed by atoms with Crippen molar-refractivity contribution in [1.29, 1.82) is 0 Å². The largest absolute Gasteiger partial charge is 0.484 e. The van der Waals surface area contributed by atoms with E-state index in [4.69, 9.17) is 4.74 Å². The third-order valence-corrected chi connectivity index (χ3v) is 5.08. The van der Waals surface area contributed by atoms with Crippen molar-refractivity contribution in [2.45, 2.75) is 26.8 Å². The van der Waals surface area contributed by atoms with Gasteiger partial charge in [-0.2, -0.15) is 0 Å². The van der Waals surface area contributed by atoms with Crippen LogP contribution in [0.1, 0.15) is 20.8 Å². The van der Waals surface area contributed by atoms with Gasteiger partial charge in [-0.15, -0.1) is 0 Å². The van der Waals surface area contributed by atoms with Gasteiger partial charge in [-0.25, -0.2) is 0 Å². The number of halogens is 1. The van der Waals surface area contributed by atoms with E-state index in [1.807, 2.05) is 54.6 Å². The number of ether oxygens (including phenoxy) is 1. The van der Waals surface area contributed by atoms with E-state index in [0.717, 1.165) is 33.2 Å². The van der Waals surface area contributed by atoms with Crippen LogP contribution in [0.3, 0.4) is 0 Å². The van der Waals surface area contributed by atoms with Crippen LogP contribution in [-0.4, -0.2) is 25.1 Å². The number of amides is 1. The van der Waals surface area contributed by atoms with Crippen LogP contribution in [-0.2, 0) is 4.79 Å². The normalized spacial score (nSPS) is 10.9. The number of nitrogens with one attached hydrogen (secondary N) is 1. The van der Waals surface area contributed by atoms with E-state index in [-0.39, 0.29) is 12.5 Å². The number of hydrogen-bond donors (Lipinski definition) is 1. The Morgan fingerprint density at radius 2 is 1.71 bits per heavy atom. The predicted molar refractivity (Wildman–Crippen MR) is 120 cm³/mol. The summed E-state index contributed by atoms with van der Waals surface area (Å²) in [5, 5.41) is 5.07. The maximum atomic E-state index is 12.2. The van der Waals surface area contributed by atoms with E-state index in [1.54, 1.807) is 0 Å². The van der Waals surface area contributed by atoms with E-state index in [2.05, 4.69) is 53.0 Å². The Bertz CT molecular complexity index is 954. The molecule has 146 valence electrons. The fraction of sp³-hybridized carbons (Fsp3) is 0.261. The molecule has 0 aliphatic carbocycles. The molecule has 0 atom stereocenters. The summed E-state index contributed by atoms with van der Waals surface area (Å²) in [6, 6.07) is 20.2. The molecule has 3 aromatic rings. The number of anilines is 2. The molecule has 0 aromatic heterocycles. The zero-order valence-corrected chi connectivity index (χ0v) is 18.0. The number of fused-ring (bicyclic) bond motifs is 1. The predicted octanol–water partition coefficient (Wildman–Crippen LogP) is 5.85. The Balaban J connectivity index is 1.57. The Labute approximate surface area is 174 Å². The standard InChI is InChI=1S/C23H25BrN2O2/c1-4-26(16(2)3)21-10-8-20(9-11-21)25-23(27)15-28-22-12-6-17-13-19(24)7-5-18(17)14-22/h5-14,16H,4,15H2,1-3H3,(H,25,27). The summed E-state index contributed by atoms with van der Waals surface area (Å²) in [7, 11) is 0. The van der Waals surface area contributed by atoms with Crippen molar-refractivity contribution >= 4 is 44.0 Å². The van der Waals surface area contributed by atoms with Gasteiger partial charge in [0.1, 0.15) is 5.75 Å². The molecule has 28 heavy (non-hydrogen) atoms. The van der Waals surface area contributed by atoms with Crippen LogP contribution in [0.5, 0.6) is 5.75 Å². The number of hydrogen-bond acceptors (Lipinski definition) is 3. The molecule has 1 amide bonds. The summed E-state index contributed by atoms with van der Waals surface area (Å²) >= 11 is 3.47. The molecular formula is C23H25BrN2O2. The number of carbonyl (C=O) groups is 1. The topological polar surface area (TPSA) is 41.6 Å². The average Bonchev–Trinajstić information content (AvgIpc) is 2.68. The van der Waals surface area contributed by atoms with Gasteiger partial charge in [0.2, 0.25) is 0 Å². The molecule has 0 heterocycles. The van der Waals surface area contributed by atoms with E-state index < -0.39 is 0 Å². The van der Waals surface area contributed by atoms with Crippen LogP contribution in [0.2, 0.25) is 0 Å². The van der Waals surface area contributed by atoms with Crippen molar-refractivity contribution in [2.75, 3.05) is 23.4 Å². The molecule has 0 bridgehead atoms. The monoisotopic (exact) mass is 440 g/mol. The molecule has 1 N–H and O–H groups in total. The second kappa shape index (κ2) is 9.11. The first-order valence-electron chi connectivity index (χ1n) is 9.45. The lowest BCUT2D eigenvalue weighted by molar-refractivity contribution is -0.118. The fourth-order valence-electron chi connectivity index (χ4n) is 3.21. The van der Waals surface area contributed by atoms with Crippen LogP contribution in [0.25, 0.3) is 10.8 Å². The van der Waals surface area contributed by atoms with Gasteiger partial charge >= 0.3 is 0 Å². The lowest BCUT2D eigenvalue weighted by atomic mass is 10.1. The lowest BCUT2D eigenvalue weighted by Crippen LogP contribution is -2.30. The van der Waals surface area contributed by atoms with Crippen molar-refractivity contribution in [3.8, 4) is 5.75 Å². The van der Waals surface area contributed by atoms with Gasteiger partial charge in [-0.05, 0) is 80.1 Å². The lowest BCUT2D eigenvalue weighted by Gasteiger charge is -2.27. The first kappa shape index (κ1) is 20.2. The maximum Gasteiger partial charge on any atom is 0.262 e. The van der Waals surface area contributed by atoms with E-state index in [9.17, 15) is 4.79 Å². The summed E-state index contributed by atoms with van der Waals surface area (Å²) < 4.78 is 6.69. The van der Waals surface area contributed by atoms with Gasteiger partial charge in [0.05, 0.1) is 0 Å². The summed E-state index contributed by atoms with van der Waals surface area (Å²) in [6.07, 6.45) is 0. The van der Waals surface area contributed by atoms with Crippen molar-refractivity contribution in [1.82, 2.24) is 0 Å². The second-order valence-corrected chi connectivity index (χ2v) is 7.83. The highest BCUT2D eigenvalue weighted by Crippen LogP contribution is 2.24. The smallest absolute Gasteiger partial charge is 0.262 e. The molecule has 0 spiro atoms. The van der Waals surface area contributed by atoms with Crippen molar-refractivity contribution in [3.63, 3.8) is 0 Å². The first-order valence-corrected chi connectivity index (χ1v) is 10.2. The number of nitrogens with zero attached hydrogens (tertiary/aromatic N) is 1. The van der Waals surface area contributed by atoms with Crippen molar-refractivity contribution in [2.24, 2.45) is 0 Å². The second-order valence-electron chi connectivity index (χ2n) is 6.92. The van der Waals surface area contributed by atoms with Crippen LogP contribution < -0.4 is 15.0 Å². The summed E-state index contributed by atoms with van der Waals surface area (Å²) in [5.41, 5.74) is 1.91. The minimum atomic E-state index is -0.181. The van der Waals surface area contributed by atoms with Gasteiger partial charge in [0.15, 0.2) is 6.61 Å². The molecule has 0 saturated carbocycles. The fourth-order valence-corrected chi connectivity index (χ4v) is 3.59. The third-order valence-electron chi connectivity index (χ3n) is 4.59. The van der Waals surface area contributed by atoms with Gasteiger partial charge in [0, 0.05) is 28.4 Å². The molecule has 0 saturated heterocycles. The Morgan fingerprint density at radius 1 is 1.04 bits per heavy atom. The molecule has 0 radical (unpaired) electrons. The molecule has 0 fully saturated rings. The molecular weight excluding hydrogens is 416 g/mol. The zero-order valence-electron chi connectivity index (χ0n) is 16.4. The van der Waals surface area contributed by atoms with Crippen LogP contribution in [0, 0.1) is 0 Å². The Kier molecular flexibility index (Phi) is 6.57. The van der Waals surface area contributed by atoms with Gasteiger partial charge in [-0.1, -0.05) is 28.1 Å². The molecule has 4 nitrogen and oxygen atoms in total. The highest BCUT2D eigenvalue weighted by molar-refractivity contribution is 9.10. The van der Waals surface area contributed by atoms with E-state index in [1.165, 1.54) is 0 Å². The molecule has 3 aromatic carbocycles. The molecule has 5 heteroatoms. The molecule has 3 rings (SSSR count). The molecule has 0 aliphatic rings. The SMILES string of the molecule is CCN(c1ccc(NC(=O)COc2ccc3cc(Br)ccc3c2)cc1)C(C)C. The Morgan fingerprint density at radius 3 is 2.39 bits per heavy atom. The average molecular weight is 441 g/mol.